The number of ether oxygens (including phenoxy) is 1. The molecule has 0 atom stereocenters. The summed E-state index contributed by atoms with van der Waals surface area (Å²) >= 11 is 0. The van der Waals surface area contributed by atoms with Gasteiger partial charge < -0.3 is 10.1 Å². The van der Waals surface area contributed by atoms with Crippen LogP contribution in [0.3, 0.4) is 0 Å². The lowest BCUT2D eigenvalue weighted by molar-refractivity contribution is -0.384. The predicted octanol–water partition coefficient (Wildman–Crippen LogP) is 5.26. The minimum atomic E-state index is -0.470. The second kappa shape index (κ2) is 7.70. The van der Waals surface area contributed by atoms with E-state index in [1.807, 2.05) is 32.0 Å². The van der Waals surface area contributed by atoms with Gasteiger partial charge in [0.05, 0.1) is 4.92 Å². The van der Waals surface area contributed by atoms with E-state index in [1.54, 1.807) is 24.3 Å². The number of nitro benzene ring substituents is 1. The van der Waals surface area contributed by atoms with Crippen LogP contribution in [0.2, 0.25) is 0 Å². The first-order valence-corrected chi connectivity index (χ1v) is 8.33. The van der Waals surface area contributed by atoms with Crippen molar-refractivity contribution in [3.63, 3.8) is 0 Å². The summed E-state index contributed by atoms with van der Waals surface area (Å²) in [7, 11) is 0. The Labute approximate surface area is 156 Å². The summed E-state index contributed by atoms with van der Waals surface area (Å²) in [5.74, 6) is 0.681. The Hall–Kier alpha value is -3.67. The fourth-order valence-electron chi connectivity index (χ4n) is 2.62. The Bertz CT molecular complexity index is 997. The molecule has 0 aliphatic carbocycles. The largest absolute Gasteiger partial charge is 0.457 e. The molecule has 0 bridgehead atoms. The van der Waals surface area contributed by atoms with Crippen molar-refractivity contribution in [1.29, 1.82) is 0 Å². The van der Waals surface area contributed by atoms with E-state index in [-0.39, 0.29) is 11.6 Å². The number of nitro groups is 1. The van der Waals surface area contributed by atoms with Crippen LogP contribution in [-0.4, -0.2) is 10.8 Å². The number of hydrogen-bond donors (Lipinski definition) is 1. The van der Waals surface area contributed by atoms with Gasteiger partial charge in [0.15, 0.2) is 0 Å². The molecule has 0 aromatic heterocycles. The third kappa shape index (κ3) is 4.49. The van der Waals surface area contributed by atoms with Crippen LogP contribution in [-0.2, 0) is 0 Å². The molecule has 0 radical (unpaired) electrons. The molecule has 0 aliphatic heterocycles. The maximum atomic E-state index is 12.5. The van der Waals surface area contributed by atoms with Crippen LogP contribution < -0.4 is 10.1 Å². The number of rotatable bonds is 5. The fourth-order valence-corrected chi connectivity index (χ4v) is 2.62. The minimum absolute atomic E-state index is 0.0102. The van der Waals surface area contributed by atoms with Crippen LogP contribution >= 0.6 is 0 Å². The molecular weight excluding hydrogens is 344 g/mol. The molecule has 3 aromatic rings. The highest BCUT2D eigenvalue weighted by Gasteiger charge is 2.10. The molecule has 136 valence electrons. The van der Waals surface area contributed by atoms with Crippen LogP contribution in [0.25, 0.3) is 0 Å². The van der Waals surface area contributed by atoms with E-state index in [4.69, 9.17) is 4.74 Å². The molecule has 6 heteroatoms. The number of nitrogens with zero attached hydrogens (tertiary/aromatic N) is 1. The van der Waals surface area contributed by atoms with Crippen molar-refractivity contribution in [3.8, 4) is 11.5 Å². The van der Waals surface area contributed by atoms with Gasteiger partial charge in [-0.25, -0.2) is 0 Å². The topological polar surface area (TPSA) is 81.5 Å². The van der Waals surface area contributed by atoms with E-state index in [0.29, 0.717) is 17.1 Å². The van der Waals surface area contributed by atoms with Gasteiger partial charge in [-0.05, 0) is 55.8 Å². The number of benzene rings is 3. The zero-order valence-electron chi connectivity index (χ0n) is 14.9. The third-order valence-electron chi connectivity index (χ3n) is 4.01. The number of non-ortho nitro benzene ring substituents is 1. The summed E-state index contributed by atoms with van der Waals surface area (Å²) in [6, 6.07) is 18.3. The van der Waals surface area contributed by atoms with Crippen LogP contribution in [0.4, 0.5) is 11.4 Å². The highest BCUT2D eigenvalue weighted by molar-refractivity contribution is 6.04. The van der Waals surface area contributed by atoms with Crippen molar-refractivity contribution in [2.24, 2.45) is 0 Å². The minimum Gasteiger partial charge on any atom is -0.457 e. The average molecular weight is 362 g/mol. The monoisotopic (exact) mass is 362 g/mol. The molecule has 0 fully saturated rings. The molecule has 3 aromatic carbocycles. The molecule has 0 heterocycles. The Kier molecular flexibility index (Phi) is 5.17. The molecule has 1 N–H and O–H groups in total. The maximum absolute atomic E-state index is 12.5. The second-order valence-corrected chi connectivity index (χ2v) is 6.15. The molecule has 3 rings (SSSR count). The summed E-state index contributed by atoms with van der Waals surface area (Å²) in [4.78, 5) is 22.8. The van der Waals surface area contributed by atoms with Crippen molar-refractivity contribution in [3.05, 3.63) is 93.5 Å². The van der Waals surface area contributed by atoms with Gasteiger partial charge in [-0.15, -0.1) is 0 Å². The van der Waals surface area contributed by atoms with Gasteiger partial charge in [0.25, 0.3) is 11.6 Å². The number of carbonyl (C=O) groups excluding carboxylic acids is 1. The number of carbonyl (C=O) groups is 1. The van der Waals surface area contributed by atoms with E-state index in [9.17, 15) is 14.9 Å². The van der Waals surface area contributed by atoms with Crippen molar-refractivity contribution in [1.82, 2.24) is 0 Å². The number of hydrogen-bond acceptors (Lipinski definition) is 4. The molecule has 0 aliphatic rings. The Morgan fingerprint density at radius 1 is 0.963 bits per heavy atom. The Balaban J connectivity index is 1.74. The zero-order chi connectivity index (χ0) is 19.4. The van der Waals surface area contributed by atoms with E-state index in [1.165, 1.54) is 24.3 Å². The molecule has 0 spiro atoms. The van der Waals surface area contributed by atoms with Gasteiger partial charge in [0.1, 0.15) is 11.5 Å². The lowest BCUT2D eigenvalue weighted by Gasteiger charge is -2.10. The predicted molar refractivity (Wildman–Crippen MR) is 103 cm³/mol. The van der Waals surface area contributed by atoms with Crippen LogP contribution in [0.1, 0.15) is 21.5 Å². The lowest BCUT2D eigenvalue weighted by atomic mass is 10.1. The molecule has 6 nitrogen and oxygen atoms in total. The number of amides is 1. The molecule has 0 saturated carbocycles. The van der Waals surface area contributed by atoms with Crippen LogP contribution in [0.5, 0.6) is 11.5 Å². The summed E-state index contributed by atoms with van der Waals surface area (Å²) in [6.07, 6.45) is 0. The average Bonchev–Trinajstić information content (AvgIpc) is 2.64. The molecular formula is C21H18N2O4. The molecule has 0 unspecified atom stereocenters. The summed E-state index contributed by atoms with van der Waals surface area (Å²) in [6.45, 7) is 3.94. The van der Waals surface area contributed by atoms with E-state index in [2.05, 4.69) is 5.32 Å². The smallest absolute Gasteiger partial charge is 0.269 e. The van der Waals surface area contributed by atoms with Gasteiger partial charge in [0.2, 0.25) is 0 Å². The molecule has 0 saturated heterocycles. The molecule has 27 heavy (non-hydrogen) atoms. The van der Waals surface area contributed by atoms with E-state index >= 15 is 0 Å². The standard InChI is InChI=1S/C21H18N2O4/c1-14-6-11-20(15(2)12-14)22-21(24)16-4-3-5-19(13-16)27-18-9-7-17(8-10-18)23(25)26/h3-13H,1-2H3,(H,22,24). The Morgan fingerprint density at radius 2 is 1.70 bits per heavy atom. The van der Waals surface area contributed by atoms with Gasteiger partial charge in [-0.1, -0.05) is 23.8 Å². The highest BCUT2D eigenvalue weighted by Crippen LogP contribution is 2.25. The summed E-state index contributed by atoms with van der Waals surface area (Å²) in [5, 5.41) is 13.6. The third-order valence-corrected chi connectivity index (χ3v) is 4.01. The van der Waals surface area contributed by atoms with Crippen molar-refractivity contribution >= 4 is 17.3 Å². The quantitative estimate of drug-likeness (QED) is 0.496. The van der Waals surface area contributed by atoms with Gasteiger partial charge in [-0.2, -0.15) is 0 Å². The summed E-state index contributed by atoms with van der Waals surface area (Å²) in [5.41, 5.74) is 3.32. The maximum Gasteiger partial charge on any atom is 0.269 e. The van der Waals surface area contributed by atoms with Gasteiger partial charge in [0, 0.05) is 23.4 Å². The first kappa shape index (κ1) is 18.1. The van der Waals surface area contributed by atoms with Crippen molar-refractivity contribution in [2.75, 3.05) is 5.32 Å². The normalized spacial score (nSPS) is 10.3. The SMILES string of the molecule is Cc1ccc(NC(=O)c2cccc(Oc3ccc([N+](=O)[O-])cc3)c2)c(C)c1. The fraction of sp³-hybridized carbons (Fsp3) is 0.0952. The van der Waals surface area contributed by atoms with E-state index in [0.717, 1.165) is 16.8 Å². The number of nitrogens with one attached hydrogen (secondary N) is 1. The Morgan fingerprint density at radius 3 is 2.37 bits per heavy atom. The second-order valence-electron chi connectivity index (χ2n) is 6.15. The van der Waals surface area contributed by atoms with Crippen LogP contribution in [0.15, 0.2) is 66.7 Å². The van der Waals surface area contributed by atoms with E-state index < -0.39 is 4.92 Å². The first-order valence-electron chi connectivity index (χ1n) is 8.33. The van der Waals surface area contributed by atoms with Gasteiger partial charge in [-0.3, -0.25) is 14.9 Å². The summed E-state index contributed by atoms with van der Waals surface area (Å²) < 4.78 is 5.69. The zero-order valence-corrected chi connectivity index (χ0v) is 14.9. The van der Waals surface area contributed by atoms with Gasteiger partial charge >= 0.3 is 0 Å². The number of aryl methyl sites for hydroxylation is 2. The van der Waals surface area contributed by atoms with Crippen molar-refractivity contribution < 1.29 is 14.5 Å². The number of anilines is 1. The highest BCUT2D eigenvalue weighted by atomic mass is 16.6. The van der Waals surface area contributed by atoms with Crippen molar-refractivity contribution in [2.45, 2.75) is 13.8 Å². The van der Waals surface area contributed by atoms with Crippen LogP contribution in [0, 0.1) is 24.0 Å². The lowest BCUT2D eigenvalue weighted by Crippen LogP contribution is -2.12. The molecule has 1 amide bonds. The first-order chi connectivity index (χ1) is 12.9.